The molecule has 1 aromatic carbocycles. The molecule has 0 amide bonds. The van der Waals surface area contributed by atoms with E-state index in [9.17, 15) is 5.11 Å². The van der Waals surface area contributed by atoms with Crippen molar-refractivity contribution in [3.63, 3.8) is 0 Å². The monoisotopic (exact) mass is 374 g/mol. The van der Waals surface area contributed by atoms with E-state index in [2.05, 4.69) is 21.4 Å². The molecule has 1 unspecified atom stereocenters. The van der Waals surface area contributed by atoms with Gasteiger partial charge in [-0.15, -0.1) is 0 Å². The molecule has 1 atom stereocenters. The zero-order valence-electron chi connectivity index (χ0n) is 14.9. The maximum Gasteiger partial charge on any atom is 0.181 e. The largest absolute Gasteiger partial charge is 0.442 e. The van der Waals surface area contributed by atoms with Gasteiger partial charge in [0.05, 0.1) is 17.5 Å². The molecule has 8 nitrogen and oxygen atoms in total. The lowest BCUT2D eigenvalue weighted by atomic mass is 9.87. The summed E-state index contributed by atoms with van der Waals surface area (Å²) in [5.74, 6) is 0.302. The maximum absolute atomic E-state index is 11.3. The molecule has 1 aliphatic carbocycles. The number of anilines is 2. The van der Waals surface area contributed by atoms with E-state index in [1.165, 1.54) is 18.8 Å². The number of oxazole rings is 1. The zero-order valence-corrected chi connectivity index (χ0v) is 14.9. The number of aromatic nitrogens is 2. The zero-order chi connectivity index (χ0) is 19.7. The molecule has 4 rings (SSSR count). The number of nitrogens with zero attached hydrogens (tertiary/aromatic N) is 3. The average Bonchev–Trinajstić information content (AvgIpc) is 3.23. The molecule has 0 bridgehead atoms. The van der Waals surface area contributed by atoms with Gasteiger partial charge in [-0.3, -0.25) is 10.4 Å². The van der Waals surface area contributed by atoms with Crippen LogP contribution in [-0.2, 0) is 12.1 Å². The van der Waals surface area contributed by atoms with Crippen LogP contribution in [-0.4, -0.2) is 20.8 Å². The third kappa shape index (κ3) is 3.08. The van der Waals surface area contributed by atoms with Crippen LogP contribution < -0.4 is 11.1 Å². The summed E-state index contributed by atoms with van der Waals surface area (Å²) in [6.07, 6.45) is 6.14. The van der Waals surface area contributed by atoms with E-state index in [0.29, 0.717) is 40.4 Å². The minimum absolute atomic E-state index is 0.103. The molecular weight excluding hydrogens is 356 g/mol. The van der Waals surface area contributed by atoms with Crippen LogP contribution in [0.25, 0.3) is 0 Å². The van der Waals surface area contributed by atoms with Crippen molar-refractivity contribution in [3.8, 4) is 6.07 Å². The Hall–Kier alpha value is -3.70. The number of hydrogen-bond donors (Lipinski definition) is 4. The van der Waals surface area contributed by atoms with Crippen molar-refractivity contribution in [1.82, 2.24) is 9.97 Å². The predicted octanol–water partition coefficient (Wildman–Crippen LogP) is 2.53. The Labute approximate surface area is 161 Å². The highest BCUT2D eigenvalue weighted by atomic mass is 16.3. The summed E-state index contributed by atoms with van der Waals surface area (Å²) >= 11 is 0. The first kappa shape index (κ1) is 17.7. The van der Waals surface area contributed by atoms with Crippen LogP contribution >= 0.6 is 0 Å². The third-order valence-corrected chi connectivity index (χ3v) is 4.82. The van der Waals surface area contributed by atoms with E-state index >= 15 is 0 Å². The van der Waals surface area contributed by atoms with Gasteiger partial charge in [-0.1, -0.05) is 0 Å². The first-order valence-electron chi connectivity index (χ1n) is 8.77. The molecule has 140 valence electrons. The van der Waals surface area contributed by atoms with Crippen LogP contribution in [0.3, 0.4) is 0 Å². The van der Waals surface area contributed by atoms with Crippen molar-refractivity contribution in [2.45, 2.75) is 25.0 Å². The summed E-state index contributed by atoms with van der Waals surface area (Å²) in [7, 11) is 0. The van der Waals surface area contributed by atoms with E-state index in [1.807, 2.05) is 0 Å². The molecule has 8 heteroatoms. The molecule has 0 radical (unpaired) electrons. The summed E-state index contributed by atoms with van der Waals surface area (Å²) in [4.78, 5) is 8.16. The van der Waals surface area contributed by atoms with Gasteiger partial charge in [0.1, 0.15) is 11.8 Å². The number of hydrogen-bond acceptors (Lipinski definition) is 8. The van der Waals surface area contributed by atoms with Gasteiger partial charge in [0.25, 0.3) is 0 Å². The van der Waals surface area contributed by atoms with Crippen LogP contribution in [0.2, 0.25) is 0 Å². The number of rotatable bonds is 4. The SMILES string of the molecule is N#Cc1cnc2c(c1)CCCC2(O)Nc1ccc(N)c(C(=N)c2cnco2)c1. The fourth-order valence-electron chi connectivity index (χ4n) is 3.47. The Morgan fingerprint density at radius 2 is 2.21 bits per heavy atom. The van der Waals surface area contributed by atoms with E-state index in [4.69, 9.17) is 20.8 Å². The highest BCUT2D eigenvalue weighted by Gasteiger charge is 2.36. The smallest absolute Gasteiger partial charge is 0.181 e. The number of aliphatic hydroxyl groups is 1. The number of nitrogens with two attached hydrogens (primary N) is 1. The van der Waals surface area contributed by atoms with Crippen molar-refractivity contribution in [2.75, 3.05) is 11.1 Å². The van der Waals surface area contributed by atoms with Gasteiger partial charge < -0.3 is 20.6 Å². The lowest BCUT2D eigenvalue weighted by molar-refractivity contribution is 0.0438. The van der Waals surface area contributed by atoms with Gasteiger partial charge in [-0.2, -0.15) is 5.26 Å². The Morgan fingerprint density at radius 3 is 2.96 bits per heavy atom. The molecule has 0 aliphatic heterocycles. The van der Waals surface area contributed by atoms with Crippen LogP contribution in [0.4, 0.5) is 11.4 Å². The quantitative estimate of drug-likeness (QED) is 0.312. The number of nitrogen functional groups attached to an aromatic ring is 1. The Morgan fingerprint density at radius 1 is 1.36 bits per heavy atom. The van der Waals surface area contributed by atoms with E-state index in [-0.39, 0.29) is 5.71 Å². The minimum atomic E-state index is -1.37. The highest BCUT2D eigenvalue weighted by molar-refractivity contribution is 6.12. The predicted molar refractivity (Wildman–Crippen MR) is 103 cm³/mol. The lowest BCUT2D eigenvalue weighted by Crippen LogP contribution is -2.39. The molecule has 3 aromatic rings. The topological polar surface area (TPSA) is 145 Å². The third-order valence-electron chi connectivity index (χ3n) is 4.82. The van der Waals surface area contributed by atoms with Crippen molar-refractivity contribution in [2.24, 2.45) is 0 Å². The summed E-state index contributed by atoms with van der Waals surface area (Å²) < 4.78 is 5.19. The van der Waals surface area contributed by atoms with Gasteiger partial charge in [0, 0.05) is 29.6 Å². The van der Waals surface area contributed by atoms with Crippen molar-refractivity contribution < 1.29 is 9.52 Å². The van der Waals surface area contributed by atoms with E-state index < -0.39 is 5.72 Å². The van der Waals surface area contributed by atoms with Crippen molar-refractivity contribution in [1.29, 1.82) is 10.7 Å². The van der Waals surface area contributed by atoms with Gasteiger partial charge in [-0.25, -0.2) is 4.98 Å². The Kier molecular flexibility index (Phi) is 4.29. The lowest BCUT2D eigenvalue weighted by Gasteiger charge is -2.35. The Bertz CT molecular complexity index is 1090. The summed E-state index contributed by atoms with van der Waals surface area (Å²) in [6.45, 7) is 0. The van der Waals surface area contributed by atoms with Gasteiger partial charge in [0.15, 0.2) is 17.9 Å². The summed E-state index contributed by atoms with van der Waals surface area (Å²) in [5, 5.41) is 31.8. The second-order valence-electron chi connectivity index (χ2n) is 6.73. The Balaban J connectivity index is 1.68. The fraction of sp³-hybridized carbons (Fsp3) is 0.200. The standard InChI is InChI=1S/C20H18N6O2/c21-8-12-6-13-2-1-5-20(27,19(13)25-9-12)26-14-3-4-16(22)15(7-14)18(23)17-10-24-11-28-17/h3-4,6-7,9-11,23,26-27H,1-2,5,22H2. The highest BCUT2D eigenvalue weighted by Crippen LogP contribution is 2.35. The number of nitrogens with one attached hydrogen (secondary N) is 2. The molecule has 0 saturated carbocycles. The normalized spacial score (nSPS) is 18.1. The molecular formula is C20H18N6O2. The molecule has 0 spiro atoms. The van der Waals surface area contributed by atoms with Gasteiger partial charge >= 0.3 is 0 Å². The van der Waals surface area contributed by atoms with Gasteiger partial charge in [-0.05, 0) is 42.7 Å². The first-order valence-corrected chi connectivity index (χ1v) is 8.77. The minimum Gasteiger partial charge on any atom is -0.442 e. The number of nitriles is 1. The number of pyridine rings is 1. The molecule has 0 fully saturated rings. The summed E-state index contributed by atoms with van der Waals surface area (Å²) in [5.41, 5.74) is 8.08. The summed E-state index contributed by atoms with van der Waals surface area (Å²) in [6, 6.07) is 8.94. The molecule has 0 saturated heterocycles. The maximum atomic E-state index is 11.3. The average molecular weight is 374 g/mol. The second kappa shape index (κ2) is 6.79. The second-order valence-corrected chi connectivity index (χ2v) is 6.73. The van der Waals surface area contributed by atoms with Crippen LogP contribution in [0.1, 0.15) is 41.0 Å². The fourth-order valence-corrected chi connectivity index (χ4v) is 3.47. The van der Waals surface area contributed by atoms with Crippen molar-refractivity contribution in [3.05, 3.63) is 71.2 Å². The number of aryl methyl sites for hydroxylation is 1. The number of benzene rings is 1. The van der Waals surface area contributed by atoms with E-state index in [1.54, 1.807) is 24.3 Å². The van der Waals surface area contributed by atoms with Crippen molar-refractivity contribution >= 4 is 17.1 Å². The molecule has 2 heterocycles. The van der Waals surface area contributed by atoms with E-state index in [0.717, 1.165) is 18.4 Å². The van der Waals surface area contributed by atoms with Crippen LogP contribution in [0.5, 0.6) is 0 Å². The first-order chi connectivity index (χ1) is 13.5. The molecule has 5 N–H and O–H groups in total. The molecule has 1 aliphatic rings. The molecule has 28 heavy (non-hydrogen) atoms. The number of fused-ring (bicyclic) bond motifs is 1. The van der Waals surface area contributed by atoms with Crippen LogP contribution in [0, 0.1) is 16.7 Å². The van der Waals surface area contributed by atoms with Crippen LogP contribution in [0.15, 0.2) is 47.5 Å². The molecule has 2 aromatic heterocycles. The van der Waals surface area contributed by atoms with Gasteiger partial charge in [0.2, 0.25) is 0 Å².